The summed E-state index contributed by atoms with van der Waals surface area (Å²) >= 11 is 0. The van der Waals surface area contributed by atoms with Crippen molar-refractivity contribution in [1.82, 2.24) is 10.4 Å². The lowest BCUT2D eigenvalue weighted by molar-refractivity contribution is 0.0999. The van der Waals surface area contributed by atoms with E-state index in [9.17, 15) is 0 Å². The first-order valence-electron chi connectivity index (χ1n) is 4.18. The molecular weight excluding hydrogens is 124 g/mol. The number of hydrogen-bond acceptors (Lipinski definition) is 2. The van der Waals surface area contributed by atoms with Crippen molar-refractivity contribution in [3.8, 4) is 0 Å². The highest BCUT2D eigenvalue weighted by Crippen LogP contribution is 2.18. The maximum atomic E-state index is 3.33. The van der Waals surface area contributed by atoms with Gasteiger partial charge in [0.1, 0.15) is 0 Å². The van der Waals surface area contributed by atoms with Gasteiger partial charge in [0, 0.05) is 20.1 Å². The molecule has 0 aromatic carbocycles. The summed E-state index contributed by atoms with van der Waals surface area (Å²) in [6.45, 7) is 6.96. The van der Waals surface area contributed by atoms with Crippen LogP contribution >= 0.6 is 0 Å². The molecule has 0 spiro atoms. The molecule has 1 aliphatic rings. The summed E-state index contributed by atoms with van der Waals surface area (Å²) in [5.41, 5.74) is 3.33. The first-order chi connectivity index (χ1) is 4.74. The van der Waals surface area contributed by atoms with Crippen LogP contribution < -0.4 is 5.43 Å². The fourth-order valence-electron chi connectivity index (χ4n) is 1.59. The molecule has 1 rings (SSSR count). The Morgan fingerprint density at radius 2 is 2.30 bits per heavy atom. The number of hydrazine groups is 1. The molecule has 0 aromatic heterocycles. The van der Waals surface area contributed by atoms with E-state index >= 15 is 0 Å². The molecule has 1 heterocycles. The first kappa shape index (κ1) is 8.02. The second-order valence-electron chi connectivity index (χ2n) is 3.39. The van der Waals surface area contributed by atoms with Crippen molar-refractivity contribution in [3.05, 3.63) is 0 Å². The molecule has 1 N–H and O–H groups in total. The van der Waals surface area contributed by atoms with Gasteiger partial charge in [0.05, 0.1) is 0 Å². The van der Waals surface area contributed by atoms with Gasteiger partial charge in [-0.05, 0) is 11.8 Å². The Kier molecular flexibility index (Phi) is 2.69. The molecule has 0 amide bonds. The molecule has 0 saturated carbocycles. The Labute approximate surface area is 63.6 Å². The highest BCUT2D eigenvalue weighted by molar-refractivity contribution is 4.73. The summed E-state index contributed by atoms with van der Waals surface area (Å²) in [5.74, 6) is 1.74. The monoisotopic (exact) mass is 142 g/mol. The van der Waals surface area contributed by atoms with E-state index in [2.05, 4.69) is 31.3 Å². The molecule has 1 aliphatic heterocycles. The van der Waals surface area contributed by atoms with Crippen molar-refractivity contribution in [3.63, 3.8) is 0 Å². The van der Waals surface area contributed by atoms with Gasteiger partial charge in [-0.15, -0.1) is 0 Å². The van der Waals surface area contributed by atoms with Crippen LogP contribution in [-0.2, 0) is 0 Å². The van der Waals surface area contributed by atoms with Crippen LogP contribution in [0.15, 0.2) is 0 Å². The Morgan fingerprint density at radius 1 is 1.60 bits per heavy atom. The maximum absolute atomic E-state index is 3.33. The summed E-state index contributed by atoms with van der Waals surface area (Å²) in [7, 11) is 2.12. The fourth-order valence-corrected chi connectivity index (χ4v) is 1.59. The molecule has 1 saturated heterocycles. The van der Waals surface area contributed by atoms with Gasteiger partial charge in [0.15, 0.2) is 0 Å². The zero-order valence-electron chi connectivity index (χ0n) is 7.22. The molecule has 0 bridgehead atoms. The van der Waals surface area contributed by atoms with E-state index in [4.69, 9.17) is 0 Å². The summed E-state index contributed by atoms with van der Waals surface area (Å²) in [5, 5.41) is 2.20. The number of hydrogen-bond donors (Lipinski definition) is 1. The minimum atomic E-state index is 0.848. The van der Waals surface area contributed by atoms with Crippen LogP contribution in [0.4, 0.5) is 0 Å². The van der Waals surface area contributed by atoms with Gasteiger partial charge in [-0.2, -0.15) is 0 Å². The van der Waals surface area contributed by atoms with Gasteiger partial charge in [0.2, 0.25) is 0 Å². The van der Waals surface area contributed by atoms with Gasteiger partial charge in [0.25, 0.3) is 0 Å². The molecule has 2 heteroatoms. The second kappa shape index (κ2) is 3.35. The Hall–Kier alpha value is -0.0800. The van der Waals surface area contributed by atoms with E-state index in [1.807, 2.05) is 0 Å². The predicted molar refractivity (Wildman–Crippen MR) is 43.6 cm³/mol. The number of rotatable bonds is 1. The minimum absolute atomic E-state index is 0.848. The van der Waals surface area contributed by atoms with Crippen LogP contribution in [0.5, 0.6) is 0 Å². The highest BCUT2D eigenvalue weighted by atomic mass is 15.5. The van der Waals surface area contributed by atoms with Crippen LogP contribution in [0.25, 0.3) is 0 Å². The van der Waals surface area contributed by atoms with Crippen LogP contribution in [0.3, 0.4) is 0 Å². The minimum Gasteiger partial charge on any atom is -0.255 e. The topological polar surface area (TPSA) is 15.3 Å². The van der Waals surface area contributed by atoms with Crippen molar-refractivity contribution in [1.29, 1.82) is 0 Å². The fraction of sp³-hybridized carbons (Fsp3) is 1.00. The molecule has 0 aliphatic carbocycles. The van der Waals surface area contributed by atoms with Crippen molar-refractivity contribution in [2.45, 2.75) is 20.3 Å². The third-order valence-electron chi connectivity index (χ3n) is 2.52. The third kappa shape index (κ3) is 1.70. The second-order valence-corrected chi connectivity index (χ2v) is 3.39. The van der Waals surface area contributed by atoms with Gasteiger partial charge < -0.3 is 0 Å². The molecule has 0 radical (unpaired) electrons. The van der Waals surface area contributed by atoms with E-state index in [0.717, 1.165) is 18.4 Å². The SMILES string of the molecule is CCC1CN(C)NCC1C. The molecule has 0 aromatic rings. The lowest BCUT2D eigenvalue weighted by Gasteiger charge is -2.35. The third-order valence-corrected chi connectivity index (χ3v) is 2.52. The summed E-state index contributed by atoms with van der Waals surface area (Å²) in [6, 6.07) is 0. The average molecular weight is 142 g/mol. The van der Waals surface area contributed by atoms with Gasteiger partial charge in [-0.25, -0.2) is 5.01 Å². The molecule has 2 atom stereocenters. The van der Waals surface area contributed by atoms with Crippen molar-refractivity contribution in [2.24, 2.45) is 11.8 Å². The lowest BCUT2D eigenvalue weighted by Crippen LogP contribution is -2.48. The van der Waals surface area contributed by atoms with E-state index in [-0.39, 0.29) is 0 Å². The maximum Gasteiger partial charge on any atom is 0.0159 e. The van der Waals surface area contributed by atoms with Gasteiger partial charge in [-0.1, -0.05) is 20.3 Å². The largest absolute Gasteiger partial charge is 0.255 e. The van der Waals surface area contributed by atoms with Crippen molar-refractivity contribution in [2.75, 3.05) is 20.1 Å². The molecule has 10 heavy (non-hydrogen) atoms. The Bertz CT molecular complexity index is 103. The van der Waals surface area contributed by atoms with E-state index in [1.54, 1.807) is 0 Å². The zero-order valence-corrected chi connectivity index (χ0v) is 7.22. The molecule has 1 fully saturated rings. The smallest absolute Gasteiger partial charge is 0.0159 e. The summed E-state index contributed by atoms with van der Waals surface area (Å²) in [6.07, 6.45) is 1.31. The number of nitrogens with zero attached hydrogens (tertiary/aromatic N) is 1. The molecule has 2 unspecified atom stereocenters. The highest BCUT2D eigenvalue weighted by Gasteiger charge is 2.21. The quantitative estimate of drug-likeness (QED) is 0.590. The lowest BCUT2D eigenvalue weighted by atomic mass is 9.90. The standard InChI is InChI=1S/C8H18N2/c1-4-8-6-10(3)9-5-7(8)2/h7-9H,4-6H2,1-3H3. The van der Waals surface area contributed by atoms with Crippen molar-refractivity contribution < 1.29 is 0 Å². The van der Waals surface area contributed by atoms with Crippen molar-refractivity contribution >= 4 is 0 Å². The van der Waals surface area contributed by atoms with Crippen LogP contribution in [0.2, 0.25) is 0 Å². The number of nitrogens with one attached hydrogen (secondary N) is 1. The first-order valence-corrected chi connectivity index (χ1v) is 4.18. The normalized spacial score (nSPS) is 36.3. The molecular formula is C8H18N2. The van der Waals surface area contributed by atoms with Crippen LogP contribution in [0, 0.1) is 11.8 Å². The Morgan fingerprint density at radius 3 is 2.80 bits per heavy atom. The van der Waals surface area contributed by atoms with Crippen LogP contribution in [0.1, 0.15) is 20.3 Å². The van der Waals surface area contributed by atoms with Gasteiger partial charge in [-0.3, -0.25) is 5.43 Å². The van der Waals surface area contributed by atoms with Gasteiger partial charge >= 0.3 is 0 Å². The van der Waals surface area contributed by atoms with E-state index < -0.39 is 0 Å². The Balaban J connectivity index is 2.38. The summed E-state index contributed by atoms with van der Waals surface area (Å²) < 4.78 is 0. The predicted octanol–water partition coefficient (Wildman–Crippen LogP) is 1.10. The molecule has 60 valence electrons. The average Bonchev–Trinajstić information content (AvgIpc) is 1.94. The zero-order chi connectivity index (χ0) is 7.56. The van der Waals surface area contributed by atoms with E-state index in [0.29, 0.717) is 0 Å². The molecule has 2 nitrogen and oxygen atoms in total. The van der Waals surface area contributed by atoms with E-state index in [1.165, 1.54) is 13.0 Å². The summed E-state index contributed by atoms with van der Waals surface area (Å²) in [4.78, 5) is 0. The van der Waals surface area contributed by atoms with Crippen LogP contribution in [-0.4, -0.2) is 25.1 Å².